The van der Waals surface area contributed by atoms with Crippen LogP contribution < -0.4 is 0 Å². The maximum absolute atomic E-state index is 13.3. The third-order valence-corrected chi connectivity index (χ3v) is 10.4. The Labute approximate surface area is 159 Å². The number of piperidine rings is 1. The van der Waals surface area contributed by atoms with Gasteiger partial charge >= 0.3 is 0 Å². The Kier molecular flexibility index (Phi) is 5.88. The lowest BCUT2D eigenvalue weighted by atomic mass is 9.96. The highest BCUT2D eigenvalue weighted by atomic mass is 32.2. The van der Waals surface area contributed by atoms with Crippen molar-refractivity contribution < 1.29 is 13.2 Å². The van der Waals surface area contributed by atoms with Gasteiger partial charge in [-0.15, -0.1) is 23.5 Å². The molecule has 1 spiro atoms. The summed E-state index contributed by atoms with van der Waals surface area (Å²) in [4.78, 5) is 11.6. The predicted octanol–water partition coefficient (Wildman–Crippen LogP) is 3.69. The van der Waals surface area contributed by atoms with Crippen LogP contribution in [0.3, 0.4) is 0 Å². The van der Waals surface area contributed by atoms with E-state index in [-0.39, 0.29) is 22.6 Å². The van der Waals surface area contributed by atoms with E-state index < -0.39 is 10.0 Å². The van der Waals surface area contributed by atoms with Gasteiger partial charge in [-0.05, 0) is 56.7 Å². The van der Waals surface area contributed by atoms with Crippen LogP contribution >= 0.6 is 23.5 Å². The molecular weight excluding hydrogens is 374 g/mol. The lowest BCUT2D eigenvalue weighted by Crippen LogP contribution is -2.55. The maximum Gasteiger partial charge on any atom is 0.243 e. The number of nitrogens with zero attached hydrogens (tertiary/aromatic N) is 1. The molecule has 25 heavy (non-hydrogen) atoms. The summed E-state index contributed by atoms with van der Waals surface area (Å²) in [5, 5.41) is 0. The summed E-state index contributed by atoms with van der Waals surface area (Å²) in [6.07, 6.45) is 3.92. The molecule has 0 N–H and O–H groups in total. The van der Waals surface area contributed by atoms with E-state index in [4.69, 9.17) is 0 Å². The molecule has 2 atom stereocenters. The van der Waals surface area contributed by atoms with Gasteiger partial charge in [0, 0.05) is 18.5 Å². The molecule has 0 saturated carbocycles. The number of hydrogen-bond acceptors (Lipinski definition) is 5. The molecule has 2 saturated heterocycles. The lowest BCUT2D eigenvalue weighted by molar-refractivity contribution is -0.108. The van der Waals surface area contributed by atoms with Gasteiger partial charge < -0.3 is 4.79 Å². The van der Waals surface area contributed by atoms with Crippen molar-refractivity contribution in [3.05, 3.63) is 29.8 Å². The number of aldehydes is 1. The summed E-state index contributed by atoms with van der Waals surface area (Å²) in [7, 11) is -3.60. The van der Waals surface area contributed by atoms with E-state index in [0.29, 0.717) is 4.90 Å². The molecule has 0 amide bonds. The average molecular weight is 400 g/mol. The molecule has 0 aliphatic carbocycles. The Morgan fingerprint density at radius 3 is 2.44 bits per heavy atom. The average Bonchev–Trinajstić information content (AvgIpc) is 2.55. The summed E-state index contributed by atoms with van der Waals surface area (Å²) >= 11 is 3.91. The number of benzene rings is 1. The van der Waals surface area contributed by atoms with Crippen LogP contribution in [0.25, 0.3) is 0 Å². The highest BCUT2D eigenvalue weighted by Gasteiger charge is 2.48. The maximum atomic E-state index is 13.3. The van der Waals surface area contributed by atoms with Gasteiger partial charge in [0.25, 0.3) is 0 Å². The van der Waals surface area contributed by atoms with Crippen molar-refractivity contribution in [2.45, 2.75) is 60.6 Å². The number of thioether (sulfide) groups is 2. The van der Waals surface area contributed by atoms with E-state index in [2.05, 4.69) is 0 Å². The van der Waals surface area contributed by atoms with Crippen LogP contribution in [0.1, 0.15) is 38.2 Å². The first kappa shape index (κ1) is 19.3. The second kappa shape index (κ2) is 7.62. The van der Waals surface area contributed by atoms with E-state index in [0.717, 1.165) is 36.2 Å². The molecule has 4 nitrogen and oxygen atoms in total. The second-order valence-corrected chi connectivity index (χ2v) is 12.0. The third kappa shape index (κ3) is 3.94. The van der Waals surface area contributed by atoms with Crippen LogP contribution in [-0.2, 0) is 14.8 Å². The summed E-state index contributed by atoms with van der Waals surface area (Å²) in [5.74, 6) is 2.25. The van der Waals surface area contributed by atoms with Gasteiger partial charge in [0.05, 0.1) is 8.97 Å². The summed E-state index contributed by atoms with van der Waals surface area (Å²) in [5.41, 5.74) is 1.03. The zero-order valence-electron chi connectivity index (χ0n) is 14.7. The molecule has 0 aromatic heterocycles. The molecule has 0 radical (unpaired) electrons. The van der Waals surface area contributed by atoms with Gasteiger partial charge in [-0.2, -0.15) is 4.31 Å². The first-order chi connectivity index (χ1) is 11.9. The summed E-state index contributed by atoms with van der Waals surface area (Å²) < 4.78 is 28.2. The first-order valence-electron chi connectivity index (χ1n) is 8.70. The van der Waals surface area contributed by atoms with Gasteiger partial charge in [-0.25, -0.2) is 8.42 Å². The number of rotatable bonds is 4. The summed E-state index contributed by atoms with van der Waals surface area (Å²) in [6, 6.07) is 6.62. The van der Waals surface area contributed by atoms with Gasteiger partial charge in [0.2, 0.25) is 10.0 Å². The van der Waals surface area contributed by atoms with Crippen molar-refractivity contribution in [1.29, 1.82) is 0 Å². The first-order valence-corrected chi connectivity index (χ1v) is 12.1. The van der Waals surface area contributed by atoms with Crippen LogP contribution in [0.15, 0.2) is 29.2 Å². The highest BCUT2D eigenvalue weighted by Crippen LogP contribution is 2.53. The quantitative estimate of drug-likeness (QED) is 0.723. The van der Waals surface area contributed by atoms with Gasteiger partial charge in [-0.1, -0.05) is 17.7 Å². The lowest BCUT2D eigenvalue weighted by Gasteiger charge is -2.49. The van der Waals surface area contributed by atoms with E-state index in [1.165, 1.54) is 6.42 Å². The molecule has 3 rings (SSSR count). The zero-order chi connectivity index (χ0) is 18.1. The molecular formula is C18H25NO3S3. The van der Waals surface area contributed by atoms with Gasteiger partial charge in [-0.3, -0.25) is 0 Å². The van der Waals surface area contributed by atoms with Crippen molar-refractivity contribution >= 4 is 39.8 Å². The number of aryl methyl sites for hydroxylation is 1. The Morgan fingerprint density at radius 2 is 1.84 bits per heavy atom. The molecule has 1 aromatic carbocycles. The van der Waals surface area contributed by atoms with E-state index >= 15 is 0 Å². The minimum Gasteiger partial charge on any atom is -0.303 e. The van der Waals surface area contributed by atoms with Crippen LogP contribution in [-0.4, -0.2) is 46.7 Å². The summed E-state index contributed by atoms with van der Waals surface area (Å²) in [6.45, 7) is 3.93. The molecule has 138 valence electrons. The van der Waals surface area contributed by atoms with Crippen molar-refractivity contribution in [2.24, 2.45) is 0 Å². The Balaban J connectivity index is 1.93. The molecule has 2 aliphatic heterocycles. The molecule has 2 aliphatic rings. The topological polar surface area (TPSA) is 54.5 Å². The predicted molar refractivity (Wildman–Crippen MR) is 106 cm³/mol. The molecule has 7 heteroatoms. The molecule has 0 bridgehead atoms. The molecule has 0 unspecified atom stereocenters. The van der Waals surface area contributed by atoms with Crippen molar-refractivity contribution in [3.63, 3.8) is 0 Å². The minimum atomic E-state index is -3.60. The monoisotopic (exact) mass is 399 g/mol. The van der Waals surface area contributed by atoms with E-state index in [1.807, 2.05) is 49.5 Å². The number of hydrogen-bond donors (Lipinski definition) is 0. The van der Waals surface area contributed by atoms with Crippen molar-refractivity contribution in [2.75, 3.05) is 11.5 Å². The number of sulfonamides is 1. The number of carbonyl (C=O) groups is 1. The highest BCUT2D eigenvalue weighted by molar-refractivity contribution is 8.18. The SMILES string of the molecule is Cc1ccc(S(=O)(=O)N2[C@@H](CC=O)CC3(C[C@H]2C)SCCCS3)cc1. The third-order valence-electron chi connectivity index (χ3n) is 4.93. The minimum absolute atomic E-state index is 0.0602. The normalized spacial score (nSPS) is 27.3. The largest absolute Gasteiger partial charge is 0.303 e. The Bertz CT molecular complexity index is 712. The Hall–Kier alpha value is -0.500. The van der Waals surface area contributed by atoms with Gasteiger partial charge in [0.1, 0.15) is 6.29 Å². The van der Waals surface area contributed by atoms with Crippen molar-refractivity contribution in [3.8, 4) is 0 Å². The van der Waals surface area contributed by atoms with E-state index in [9.17, 15) is 13.2 Å². The fraction of sp³-hybridized carbons (Fsp3) is 0.611. The van der Waals surface area contributed by atoms with Gasteiger partial charge in [0.15, 0.2) is 0 Å². The zero-order valence-corrected chi connectivity index (χ0v) is 17.1. The second-order valence-electron chi connectivity index (χ2n) is 6.92. The smallest absolute Gasteiger partial charge is 0.243 e. The molecule has 2 heterocycles. The van der Waals surface area contributed by atoms with E-state index in [1.54, 1.807) is 16.4 Å². The molecule has 2 fully saturated rings. The van der Waals surface area contributed by atoms with Crippen LogP contribution in [0.4, 0.5) is 0 Å². The fourth-order valence-electron chi connectivity index (χ4n) is 3.85. The van der Waals surface area contributed by atoms with Crippen LogP contribution in [0.2, 0.25) is 0 Å². The molecule has 1 aromatic rings. The van der Waals surface area contributed by atoms with Crippen molar-refractivity contribution in [1.82, 2.24) is 4.31 Å². The standard InChI is InChI=1S/C18H25NO3S3/c1-14-4-6-17(7-5-14)25(21,22)19-15(2)12-18(13-16(19)8-9-20)23-10-3-11-24-18/h4-7,9,15-16H,3,8,10-13H2,1-2H3/t15-,16+/m1/s1. The fourth-order valence-corrected chi connectivity index (χ4v) is 9.35. The van der Waals surface area contributed by atoms with Crippen LogP contribution in [0, 0.1) is 6.92 Å². The number of carbonyl (C=O) groups excluding carboxylic acids is 1. The Morgan fingerprint density at radius 1 is 1.20 bits per heavy atom. The van der Waals surface area contributed by atoms with Crippen LogP contribution in [0.5, 0.6) is 0 Å².